The molecule has 2 aromatic carbocycles. The van der Waals surface area contributed by atoms with Gasteiger partial charge in [-0.25, -0.2) is 4.98 Å². The molecule has 0 amide bonds. The lowest BCUT2D eigenvalue weighted by atomic mass is 10.1. The van der Waals surface area contributed by atoms with E-state index in [0.717, 1.165) is 33.3 Å². The molecule has 0 fully saturated rings. The van der Waals surface area contributed by atoms with Crippen LogP contribution in [0.2, 0.25) is 0 Å². The van der Waals surface area contributed by atoms with Crippen LogP contribution in [0.4, 0.5) is 11.5 Å². The van der Waals surface area contributed by atoms with Crippen molar-refractivity contribution in [2.45, 2.75) is 0 Å². The molecule has 4 rings (SSSR count). The van der Waals surface area contributed by atoms with Gasteiger partial charge < -0.3 is 5.32 Å². The molecule has 101 valence electrons. The second-order valence-corrected chi connectivity index (χ2v) is 5.94. The van der Waals surface area contributed by atoms with E-state index in [1.807, 2.05) is 36.5 Å². The molecule has 2 heterocycles. The molecular weight excluding hydrogens is 375 g/mol. The van der Waals surface area contributed by atoms with E-state index in [4.69, 9.17) is 4.98 Å². The summed E-state index contributed by atoms with van der Waals surface area (Å²) in [5.41, 5.74) is 2.84. The fourth-order valence-corrected chi connectivity index (χ4v) is 2.86. The molecule has 0 saturated heterocycles. The largest absolute Gasteiger partial charge is 0.338 e. The third-order valence-electron chi connectivity index (χ3n) is 3.34. The number of hydrogen-bond acceptors (Lipinski definition) is 3. The first-order valence-corrected chi connectivity index (χ1v) is 7.54. The van der Waals surface area contributed by atoms with Crippen LogP contribution in [0, 0.1) is 9.64 Å². The maximum atomic E-state index is 4.72. The molecule has 2 N–H and O–H groups in total. The van der Waals surface area contributed by atoms with Crippen LogP contribution in [0.3, 0.4) is 0 Å². The van der Waals surface area contributed by atoms with Crippen LogP contribution >= 0.6 is 22.6 Å². The van der Waals surface area contributed by atoms with Crippen molar-refractivity contribution in [2.75, 3.05) is 5.32 Å². The van der Waals surface area contributed by atoms with Crippen molar-refractivity contribution in [3.05, 3.63) is 58.3 Å². The molecule has 0 aliphatic heterocycles. The summed E-state index contributed by atoms with van der Waals surface area (Å²) in [6, 6.07) is 16.9. The smallest absolute Gasteiger partial charge is 0.157 e. The highest BCUT2D eigenvalue weighted by Crippen LogP contribution is 2.30. The highest BCUT2D eigenvalue weighted by Gasteiger charge is 2.10. The molecule has 5 heteroatoms. The van der Waals surface area contributed by atoms with E-state index in [1.165, 1.54) is 3.57 Å². The number of hydrogen-bond donors (Lipinski definition) is 2. The summed E-state index contributed by atoms with van der Waals surface area (Å²) >= 11 is 2.31. The highest BCUT2D eigenvalue weighted by molar-refractivity contribution is 14.1. The van der Waals surface area contributed by atoms with Gasteiger partial charge in [0, 0.05) is 20.0 Å². The van der Waals surface area contributed by atoms with Crippen LogP contribution in [-0.4, -0.2) is 15.2 Å². The topological polar surface area (TPSA) is 53.6 Å². The van der Waals surface area contributed by atoms with Crippen LogP contribution in [0.1, 0.15) is 0 Å². The van der Waals surface area contributed by atoms with Gasteiger partial charge >= 0.3 is 0 Å². The number of benzene rings is 2. The monoisotopic (exact) mass is 385 g/mol. The van der Waals surface area contributed by atoms with Crippen molar-refractivity contribution in [1.82, 2.24) is 15.2 Å². The summed E-state index contributed by atoms with van der Waals surface area (Å²) in [4.78, 5) is 4.72. The first kappa shape index (κ1) is 12.6. The van der Waals surface area contributed by atoms with E-state index in [1.54, 1.807) is 0 Å². The zero-order chi connectivity index (χ0) is 14.2. The molecular formula is C16H10IN4. The van der Waals surface area contributed by atoms with E-state index in [2.05, 4.69) is 56.3 Å². The van der Waals surface area contributed by atoms with Gasteiger partial charge in [0.1, 0.15) is 5.52 Å². The van der Waals surface area contributed by atoms with Gasteiger partial charge in [-0.2, -0.15) is 5.10 Å². The predicted molar refractivity (Wildman–Crippen MR) is 92.7 cm³/mol. The molecule has 0 atom stereocenters. The Balaban J connectivity index is 1.95. The molecule has 0 bridgehead atoms. The van der Waals surface area contributed by atoms with Crippen LogP contribution in [0.25, 0.3) is 21.8 Å². The Morgan fingerprint density at radius 1 is 1.10 bits per heavy atom. The lowest BCUT2D eigenvalue weighted by Gasteiger charge is -2.08. The average molecular weight is 385 g/mol. The number of nitrogens with one attached hydrogen (secondary N) is 2. The van der Waals surface area contributed by atoms with Crippen molar-refractivity contribution < 1.29 is 0 Å². The number of nitrogens with zero attached hydrogens (tertiary/aromatic N) is 2. The summed E-state index contributed by atoms with van der Waals surface area (Å²) in [6.45, 7) is 0. The SMILES string of the molecule is Ic1ccc2nc(Nc3cc[c]cc3)c3[nH]ncc3c2c1. The van der Waals surface area contributed by atoms with Gasteiger partial charge in [-0.3, -0.25) is 5.10 Å². The first-order valence-electron chi connectivity index (χ1n) is 6.47. The van der Waals surface area contributed by atoms with Crippen molar-refractivity contribution in [3.8, 4) is 0 Å². The summed E-state index contributed by atoms with van der Waals surface area (Å²) in [5.74, 6) is 0.780. The van der Waals surface area contributed by atoms with E-state index in [9.17, 15) is 0 Å². The number of anilines is 2. The van der Waals surface area contributed by atoms with E-state index in [0.29, 0.717) is 0 Å². The quantitative estimate of drug-likeness (QED) is 0.507. The highest BCUT2D eigenvalue weighted by atomic mass is 127. The maximum absolute atomic E-state index is 4.72. The number of pyridine rings is 1. The summed E-state index contributed by atoms with van der Waals surface area (Å²) in [5, 5.41) is 12.7. The molecule has 4 nitrogen and oxygen atoms in total. The standard InChI is InChI=1S/C16H10IN4/c17-10-6-7-14-12(8-10)13-9-18-21-15(13)16(20-14)19-11-4-2-1-3-5-11/h2-9H,(H,18,21)(H,19,20). The molecule has 0 aliphatic carbocycles. The molecule has 0 saturated carbocycles. The fourth-order valence-electron chi connectivity index (χ4n) is 2.37. The molecule has 1 radical (unpaired) electrons. The van der Waals surface area contributed by atoms with Gasteiger partial charge in [0.25, 0.3) is 0 Å². The zero-order valence-electron chi connectivity index (χ0n) is 10.9. The fraction of sp³-hybridized carbons (Fsp3) is 0. The van der Waals surface area contributed by atoms with Crippen LogP contribution in [0.5, 0.6) is 0 Å². The van der Waals surface area contributed by atoms with Gasteiger partial charge in [0.05, 0.1) is 11.7 Å². The Labute approximate surface area is 134 Å². The van der Waals surface area contributed by atoms with Crippen LogP contribution in [-0.2, 0) is 0 Å². The maximum Gasteiger partial charge on any atom is 0.157 e. The predicted octanol–water partition coefficient (Wildman–Crippen LogP) is 4.26. The van der Waals surface area contributed by atoms with Gasteiger partial charge in [0.2, 0.25) is 0 Å². The lowest BCUT2D eigenvalue weighted by molar-refractivity contribution is 1.12. The second-order valence-electron chi connectivity index (χ2n) is 4.69. The molecule has 21 heavy (non-hydrogen) atoms. The van der Waals surface area contributed by atoms with Gasteiger partial charge in [-0.15, -0.1) is 0 Å². The third-order valence-corrected chi connectivity index (χ3v) is 4.01. The Bertz CT molecular complexity index is 931. The number of H-pyrrole nitrogens is 1. The van der Waals surface area contributed by atoms with Crippen molar-refractivity contribution in [1.29, 1.82) is 0 Å². The Hall–Kier alpha value is -2.15. The minimum Gasteiger partial charge on any atom is -0.338 e. The van der Waals surface area contributed by atoms with Crippen molar-refractivity contribution in [3.63, 3.8) is 0 Å². The molecule has 0 unspecified atom stereocenters. The van der Waals surface area contributed by atoms with Gasteiger partial charge in [-0.1, -0.05) is 12.1 Å². The number of fused-ring (bicyclic) bond motifs is 3. The Morgan fingerprint density at radius 3 is 2.81 bits per heavy atom. The van der Waals surface area contributed by atoms with Gasteiger partial charge in [-0.05, 0) is 59.0 Å². The Morgan fingerprint density at radius 2 is 1.95 bits per heavy atom. The minimum atomic E-state index is 0.780. The second kappa shape index (κ2) is 5.00. The lowest BCUT2D eigenvalue weighted by Crippen LogP contribution is -1.95. The van der Waals surface area contributed by atoms with Crippen molar-refractivity contribution >= 4 is 55.9 Å². The number of aromatic amines is 1. The normalized spacial score (nSPS) is 11.1. The summed E-state index contributed by atoms with van der Waals surface area (Å²) < 4.78 is 1.18. The molecule has 2 aromatic heterocycles. The van der Waals surface area contributed by atoms with E-state index in [-0.39, 0.29) is 0 Å². The zero-order valence-corrected chi connectivity index (χ0v) is 13.0. The van der Waals surface area contributed by atoms with E-state index < -0.39 is 0 Å². The van der Waals surface area contributed by atoms with Crippen molar-refractivity contribution in [2.24, 2.45) is 0 Å². The molecule has 0 aliphatic rings. The Kier molecular flexibility index (Phi) is 2.99. The minimum absolute atomic E-state index is 0.780. The number of aromatic nitrogens is 3. The molecule has 4 aromatic rings. The first-order chi connectivity index (χ1) is 10.3. The summed E-state index contributed by atoms with van der Waals surface area (Å²) in [7, 11) is 0. The number of halogens is 1. The van der Waals surface area contributed by atoms with Crippen LogP contribution < -0.4 is 5.32 Å². The summed E-state index contributed by atoms with van der Waals surface area (Å²) in [6.07, 6.45) is 1.85. The third kappa shape index (κ3) is 2.23. The van der Waals surface area contributed by atoms with E-state index >= 15 is 0 Å². The van der Waals surface area contributed by atoms with Gasteiger partial charge in [0.15, 0.2) is 5.82 Å². The average Bonchev–Trinajstić information content (AvgIpc) is 2.99. The molecule has 0 spiro atoms. The number of rotatable bonds is 2. The van der Waals surface area contributed by atoms with Crippen LogP contribution in [0.15, 0.2) is 48.7 Å².